The predicted molar refractivity (Wildman–Crippen MR) is 85.2 cm³/mol. The quantitative estimate of drug-likeness (QED) is 0.452. The van der Waals surface area contributed by atoms with Gasteiger partial charge in [0.2, 0.25) is 0 Å². The molecule has 0 aliphatic carbocycles. The van der Waals surface area contributed by atoms with E-state index in [2.05, 4.69) is 19.9 Å². The summed E-state index contributed by atoms with van der Waals surface area (Å²) < 4.78 is 17.4. The molecule has 0 amide bonds. The first-order chi connectivity index (χ1) is 10.3. The first-order valence-corrected chi connectivity index (χ1v) is 8.17. The van der Waals surface area contributed by atoms with E-state index in [1.54, 1.807) is 6.92 Å². The molecule has 124 valence electrons. The Kier molecular flexibility index (Phi) is 5.13. The first kappa shape index (κ1) is 17.2. The smallest absolute Gasteiger partial charge is 0.333 e. The standard InChI is InChI=1S/C18H28O4/c1-7-20-17(19)12(3)10-11(2)16-14(5)15-9-8-13(4)18(6,21-15)22-16/h8,10-11,14-16H,7,9H2,1-6H3/b12-10+/t11-,14+,15-,16-,18-/m1/s1. The topological polar surface area (TPSA) is 44.8 Å². The van der Waals surface area contributed by atoms with Crippen LogP contribution in [0, 0.1) is 11.8 Å². The van der Waals surface area contributed by atoms with Crippen LogP contribution in [0.4, 0.5) is 0 Å². The molecule has 2 aliphatic rings. The maximum Gasteiger partial charge on any atom is 0.333 e. The van der Waals surface area contributed by atoms with Crippen molar-refractivity contribution < 1.29 is 19.0 Å². The van der Waals surface area contributed by atoms with Crippen molar-refractivity contribution in [3.8, 4) is 0 Å². The van der Waals surface area contributed by atoms with E-state index in [-0.39, 0.29) is 30.0 Å². The van der Waals surface area contributed by atoms with Crippen LogP contribution in [-0.2, 0) is 19.0 Å². The van der Waals surface area contributed by atoms with E-state index in [4.69, 9.17) is 14.2 Å². The van der Waals surface area contributed by atoms with E-state index in [1.165, 1.54) is 0 Å². The number of carbonyl (C=O) groups excluding carboxylic acids is 1. The fourth-order valence-corrected chi connectivity index (χ4v) is 3.32. The van der Waals surface area contributed by atoms with Crippen LogP contribution in [0.1, 0.15) is 48.0 Å². The molecule has 0 aromatic heterocycles. The number of fused-ring (bicyclic) bond motifs is 2. The molecule has 0 spiro atoms. The maximum atomic E-state index is 11.8. The van der Waals surface area contributed by atoms with E-state index in [1.807, 2.05) is 26.8 Å². The maximum absolute atomic E-state index is 11.8. The third-order valence-corrected chi connectivity index (χ3v) is 4.84. The van der Waals surface area contributed by atoms with Crippen molar-refractivity contribution in [2.24, 2.45) is 11.8 Å². The number of rotatable bonds is 4. The van der Waals surface area contributed by atoms with Gasteiger partial charge in [-0.25, -0.2) is 4.79 Å². The predicted octanol–water partition coefficient (Wildman–Crippen LogP) is 3.62. The van der Waals surface area contributed by atoms with Gasteiger partial charge in [-0.15, -0.1) is 0 Å². The van der Waals surface area contributed by atoms with Crippen LogP contribution in [0.2, 0.25) is 0 Å². The minimum atomic E-state index is -0.639. The second kappa shape index (κ2) is 6.55. The second-order valence-electron chi connectivity index (χ2n) is 6.60. The normalized spacial score (nSPS) is 36.5. The molecule has 2 bridgehead atoms. The van der Waals surface area contributed by atoms with E-state index >= 15 is 0 Å². The highest BCUT2D eigenvalue weighted by Crippen LogP contribution is 2.43. The molecule has 0 aromatic rings. The molecule has 0 saturated carbocycles. The monoisotopic (exact) mass is 308 g/mol. The molecule has 22 heavy (non-hydrogen) atoms. The molecular formula is C18H28O4. The lowest BCUT2D eigenvalue weighted by atomic mass is 9.82. The van der Waals surface area contributed by atoms with Gasteiger partial charge in [-0.05, 0) is 39.7 Å². The zero-order chi connectivity index (χ0) is 16.5. The lowest BCUT2D eigenvalue weighted by Crippen LogP contribution is -2.55. The van der Waals surface area contributed by atoms with Gasteiger partial charge in [0.25, 0.3) is 0 Å². The molecule has 5 atom stereocenters. The highest BCUT2D eigenvalue weighted by atomic mass is 16.7. The SMILES string of the molecule is CCOC(=O)/C(C)=C/[C@@H](C)[C@H]1O[C@@]2(C)O[C@H](CC=C2C)[C@@H]1C. The fraction of sp³-hybridized carbons (Fsp3) is 0.722. The molecule has 2 heterocycles. The number of carbonyl (C=O) groups is 1. The highest BCUT2D eigenvalue weighted by molar-refractivity contribution is 5.87. The van der Waals surface area contributed by atoms with Crippen LogP contribution in [0.15, 0.2) is 23.3 Å². The van der Waals surface area contributed by atoms with Gasteiger partial charge in [0, 0.05) is 17.4 Å². The molecule has 0 aromatic carbocycles. The van der Waals surface area contributed by atoms with Crippen LogP contribution in [-0.4, -0.2) is 30.6 Å². The molecular weight excluding hydrogens is 280 g/mol. The second-order valence-corrected chi connectivity index (χ2v) is 6.60. The molecule has 1 fully saturated rings. The van der Waals surface area contributed by atoms with E-state index in [0.717, 1.165) is 12.0 Å². The summed E-state index contributed by atoms with van der Waals surface area (Å²) in [5, 5.41) is 0. The van der Waals surface area contributed by atoms with Gasteiger partial charge in [0.1, 0.15) is 0 Å². The van der Waals surface area contributed by atoms with Crippen molar-refractivity contribution in [1.82, 2.24) is 0 Å². The molecule has 2 rings (SSSR count). The van der Waals surface area contributed by atoms with Gasteiger partial charge in [-0.1, -0.05) is 26.0 Å². The Hall–Kier alpha value is -1.13. The van der Waals surface area contributed by atoms with Crippen molar-refractivity contribution in [3.05, 3.63) is 23.3 Å². The summed E-state index contributed by atoms with van der Waals surface area (Å²) in [6.07, 6.45) is 5.30. The van der Waals surface area contributed by atoms with Gasteiger partial charge in [-0.3, -0.25) is 0 Å². The summed E-state index contributed by atoms with van der Waals surface area (Å²) in [6.45, 7) is 12.3. The third kappa shape index (κ3) is 3.28. The molecule has 0 radical (unpaired) electrons. The molecule has 4 heteroatoms. The summed E-state index contributed by atoms with van der Waals surface area (Å²) in [5.41, 5.74) is 1.76. The molecule has 0 N–H and O–H groups in total. The Morgan fingerprint density at radius 2 is 2.23 bits per heavy atom. The average molecular weight is 308 g/mol. The molecule has 1 saturated heterocycles. The fourth-order valence-electron chi connectivity index (χ4n) is 3.32. The van der Waals surface area contributed by atoms with Crippen LogP contribution < -0.4 is 0 Å². The van der Waals surface area contributed by atoms with Gasteiger partial charge in [0.05, 0.1) is 18.8 Å². The highest BCUT2D eigenvalue weighted by Gasteiger charge is 2.47. The largest absolute Gasteiger partial charge is 0.463 e. The lowest BCUT2D eigenvalue weighted by Gasteiger charge is -2.50. The van der Waals surface area contributed by atoms with Crippen molar-refractivity contribution in [2.45, 2.75) is 66.0 Å². The zero-order valence-corrected chi connectivity index (χ0v) is 14.5. The van der Waals surface area contributed by atoms with E-state index in [9.17, 15) is 4.79 Å². The van der Waals surface area contributed by atoms with Crippen molar-refractivity contribution in [3.63, 3.8) is 0 Å². The molecule has 2 aliphatic heterocycles. The Morgan fingerprint density at radius 1 is 1.55 bits per heavy atom. The summed E-state index contributed by atoms with van der Waals surface area (Å²) in [4.78, 5) is 11.8. The van der Waals surface area contributed by atoms with Gasteiger partial charge >= 0.3 is 5.97 Å². The van der Waals surface area contributed by atoms with Crippen molar-refractivity contribution >= 4 is 5.97 Å². The number of hydrogen-bond acceptors (Lipinski definition) is 4. The van der Waals surface area contributed by atoms with Crippen LogP contribution in [0.5, 0.6) is 0 Å². The minimum Gasteiger partial charge on any atom is -0.463 e. The van der Waals surface area contributed by atoms with Crippen LogP contribution in [0.3, 0.4) is 0 Å². The third-order valence-electron chi connectivity index (χ3n) is 4.84. The van der Waals surface area contributed by atoms with Gasteiger partial charge in [0.15, 0.2) is 5.79 Å². The summed E-state index contributed by atoms with van der Waals surface area (Å²) >= 11 is 0. The van der Waals surface area contributed by atoms with Crippen LogP contribution in [0.25, 0.3) is 0 Å². The Morgan fingerprint density at radius 3 is 2.86 bits per heavy atom. The summed E-state index contributed by atoms with van der Waals surface area (Å²) in [6, 6.07) is 0. The van der Waals surface area contributed by atoms with Gasteiger partial charge in [-0.2, -0.15) is 0 Å². The van der Waals surface area contributed by atoms with Crippen molar-refractivity contribution in [2.75, 3.05) is 6.61 Å². The molecule has 0 unspecified atom stereocenters. The zero-order valence-electron chi connectivity index (χ0n) is 14.5. The molecule has 4 nitrogen and oxygen atoms in total. The Labute approximate surface area is 133 Å². The van der Waals surface area contributed by atoms with E-state index < -0.39 is 5.79 Å². The summed E-state index contributed by atoms with van der Waals surface area (Å²) in [5.74, 6) is -0.494. The minimum absolute atomic E-state index is 0.0248. The Balaban J connectivity index is 2.16. The Bertz CT molecular complexity index is 493. The lowest BCUT2D eigenvalue weighted by molar-refractivity contribution is -0.318. The number of hydrogen-bond donors (Lipinski definition) is 0. The average Bonchev–Trinajstić information content (AvgIpc) is 2.46. The van der Waals surface area contributed by atoms with E-state index in [0.29, 0.717) is 12.2 Å². The van der Waals surface area contributed by atoms with Crippen LogP contribution >= 0.6 is 0 Å². The van der Waals surface area contributed by atoms with Gasteiger partial charge < -0.3 is 14.2 Å². The number of ether oxygens (including phenoxy) is 3. The number of esters is 1. The van der Waals surface area contributed by atoms with Crippen molar-refractivity contribution in [1.29, 1.82) is 0 Å². The summed E-state index contributed by atoms with van der Waals surface area (Å²) in [7, 11) is 0. The first-order valence-electron chi connectivity index (χ1n) is 8.17.